The number of carbonyl (C=O) groups excluding carboxylic acids is 1. The molecule has 15 heavy (non-hydrogen) atoms. The van der Waals surface area contributed by atoms with E-state index < -0.39 is 18.4 Å². The molecule has 0 bridgehead atoms. The molecule has 1 saturated carbocycles. The van der Waals surface area contributed by atoms with Crippen molar-refractivity contribution in [2.75, 3.05) is 0 Å². The van der Waals surface area contributed by atoms with Crippen molar-refractivity contribution in [3.8, 4) is 6.07 Å². The Morgan fingerprint density at radius 3 is 2.73 bits per heavy atom. The van der Waals surface area contributed by atoms with Gasteiger partial charge in [-0.2, -0.15) is 5.26 Å². The average molecular weight is 210 g/mol. The predicted molar refractivity (Wildman–Crippen MR) is 47.9 cm³/mol. The minimum Gasteiger partial charge on any atom is -0.481 e. The van der Waals surface area contributed by atoms with Crippen molar-refractivity contribution in [3.63, 3.8) is 0 Å². The summed E-state index contributed by atoms with van der Waals surface area (Å²) in [5.74, 6) is -1.90. The Bertz CT molecular complexity index is 339. The summed E-state index contributed by atoms with van der Waals surface area (Å²) in [6.45, 7) is 0. The Hall–Kier alpha value is -2.03. The molecular weight excluding hydrogens is 200 g/mol. The maximum atomic E-state index is 10.7. The lowest BCUT2D eigenvalue weighted by atomic mass is 10.2. The molecule has 0 amide bonds. The number of carbonyl (C=O) groups is 2. The number of aliphatic carboxylic acids is 1. The van der Waals surface area contributed by atoms with Crippen LogP contribution in [0.4, 0.5) is 0 Å². The van der Waals surface area contributed by atoms with Crippen molar-refractivity contribution in [2.45, 2.75) is 19.3 Å². The van der Waals surface area contributed by atoms with Crippen LogP contribution in [0, 0.1) is 17.2 Å². The van der Waals surface area contributed by atoms with E-state index in [1.165, 1.54) is 6.20 Å². The highest BCUT2D eigenvalue weighted by Crippen LogP contribution is 2.35. The molecular formula is C9H10N2O4. The van der Waals surface area contributed by atoms with Crippen LogP contribution in [-0.2, 0) is 14.4 Å². The Morgan fingerprint density at radius 1 is 1.60 bits per heavy atom. The molecule has 2 N–H and O–H groups in total. The van der Waals surface area contributed by atoms with Gasteiger partial charge in [0.25, 0.3) is 0 Å². The third kappa shape index (κ3) is 4.13. The lowest BCUT2D eigenvalue weighted by Crippen LogP contribution is -2.18. The molecule has 0 unspecified atom stereocenters. The molecule has 0 aromatic heterocycles. The number of hydroxylamine groups is 1. The van der Waals surface area contributed by atoms with Gasteiger partial charge in [-0.25, -0.2) is 10.3 Å². The molecule has 80 valence electrons. The molecule has 1 fully saturated rings. The van der Waals surface area contributed by atoms with E-state index >= 15 is 0 Å². The van der Waals surface area contributed by atoms with Crippen LogP contribution in [0.15, 0.2) is 11.8 Å². The SMILES string of the molecule is N#CC(=CNOC(=O)CC(=O)O)C1CC1. The zero-order valence-corrected chi connectivity index (χ0v) is 7.90. The fourth-order valence-electron chi connectivity index (χ4n) is 0.954. The topological polar surface area (TPSA) is 99.4 Å². The first-order chi connectivity index (χ1) is 7.13. The monoisotopic (exact) mass is 210 g/mol. The predicted octanol–water partition coefficient (Wildman–Crippen LogP) is 0.326. The van der Waals surface area contributed by atoms with Gasteiger partial charge >= 0.3 is 11.9 Å². The Morgan fingerprint density at radius 2 is 2.27 bits per heavy atom. The van der Waals surface area contributed by atoms with Crippen LogP contribution in [0.1, 0.15) is 19.3 Å². The third-order valence-corrected chi connectivity index (χ3v) is 1.83. The van der Waals surface area contributed by atoms with Gasteiger partial charge in [-0.1, -0.05) is 0 Å². The van der Waals surface area contributed by atoms with Gasteiger partial charge < -0.3 is 9.94 Å². The second kappa shape index (κ2) is 5.00. The maximum Gasteiger partial charge on any atom is 0.343 e. The number of hydrogen-bond donors (Lipinski definition) is 2. The molecule has 0 radical (unpaired) electrons. The van der Waals surface area contributed by atoms with Crippen molar-refractivity contribution in [3.05, 3.63) is 11.8 Å². The van der Waals surface area contributed by atoms with Crippen LogP contribution in [-0.4, -0.2) is 17.0 Å². The third-order valence-electron chi connectivity index (χ3n) is 1.83. The highest BCUT2D eigenvalue weighted by molar-refractivity contribution is 5.89. The van der Waals surface area contributed by atoms with Crippen molar-refractivity contribution in [1.82, 2.24) is 5.48 Å². The van der Waals surface area contributed by atoms with Crippen LogP contribution >= 0.6 is 0 Å². The summed E-state index contributed by atoms with van der Waals surface area (Å²) in [4.78, 5) is 25.2. The zero-order valence-electron chi connectivity index (χ0n) is 7.90. The quantitative estimate of drug-likeness (QED) is 0.385. The first-order valence-corrected chi connectivity index (χ1v) is 4.40. The van der Waals surface area contributed by atoms with Crippen LogP contribution in [0.2, 0.25) is 0 Å². The van der Waals surface area contributed by atoms with Crippen molar-refractivity contribution >= 4 is 11.9 Å². The average Bonchev–Trinajstić information content (AvgIpc) is 2.94. The van der Waals surface area contributed by atoms with E-state index in [-0.39, 0.29) is 5.92 Å². The van der Waals surface area contributed by atoms with Gasteiger partial charge in [-0.3, -0.25) is 4.79 Å². The first-order valence-electron chi connectivity index (χ1n) is 4.40. The Balaban J connectivity index is 2.28. The number of carboxylic acids is 1. The fourth-order valence-corrected chi connectivity index (χ4v) is 0.954. The molecule has 1 aliphatic rings. The van der Waals surface area contributed by atoms with Crippen LogP contribution in [0.25, 0.3) is 0 Å². The minimum atomic E-state index is -1.26. The number of nitrogens with zero attached hydrogens (tertiary/aromatic N) is 1. The molecule has 0 aromatic rings. The lowest BCUT2D eigenvalue weighted by Gasteiger charge is -2.01. The summed E-state index contributed by atoms with van der Waals surface area (Å²) in [5.41, 5.74) is 2.68. The number of nitriles is 1. The number of allylic oxidation sites excluding steroid dienone is 1. The smallest absolute Gasteiger partial charge is 0.343 e. The first kappa shape index (κ1) is 11.0. The largest absolute Gasteiger partial charge is 0.481 e. The highest BCUT2D eigenvalue weighted by atomic mass is 16.7. The summed E-state index contributed by atoms with van der Waals surface area (Å²) in [6, 6.07) is 1.97. The van der Waals surface area contributed by atoms with E-state index in [0.717, 1.165) is 12.8 Å². The normalized spacial score (nSPS) is 15.3. The van der Waals surface area contributed by atoms with Crippen molar-refractivity contribution < 1.29 is 19.5 Å². The van der Waals surface area contributed by atoms with Gasteiger partial charge in [0.15, 0.2) is 0 Å². The lowest BCUT2D eigenvalue weighted by molar-refractivity contribution is -0.155. The number of hydrogen-bond acceptors (Lipinski definition) is 5. The molecule has 0 spiro atoms. The fraction of sp³-hybridized carbons (Fsp3) is 0.444. The molecule has 0 aliphatic heterocycles. The Kier molecular flexibility index (Phi) is 3.68. The molecule has 1 aliphatic carbocycles. The summed E-state index contributed by atoms with van der Waals surface area (Å²) in [7, 11) is 0. The Labute approximate surface area is 86.1 Å². The molecule has 0 aromatic carbocycles. The van der Waals surface area contributed by atoms with Gasteiger partial charge in [-0.05, 0) is 18.8 Å². The number of rotatable bonds is 5. The van der Waals surface area contributed by atoms with Gasteiger partial charge in [0, 0.05) is 6.20 Å². The van der Waals surface area contributed by atoms with E-state index in [0.29, 0.717) is 5.57 Å². The van der Waals surface area contributed by atoms with Crippen LogP contribution < -0.4 is 5.48 Å². The maximum absolute atomic E-state index is 10.7. The summed E-state index contributed by atoms with van der Waals surface area (Å²) < 4.78 is 0. The van der Waals surface area contributed by atoms with Crippen molar-refractivity contribution in [2.24, 2.45) is 5.92 Å². The van der Waals surface area contributed by atoms with Gasteiger partial charge in [0.05, 0.1) is 11.6 Å². The van der Waals surface area contributed by atoms with Crippen molar-refractivity contribution in [1.29, 1.82) is 5.26 Å². The molecule has 0 atom stereocenters. The van der Waals surface area contributed by atoms with E-state index in [2.05, 4.69) is 10.3 Å². The van der Waals surface area contributed by atoms with E-state index in [1.54, 1.807) is 0 Å². The van der Waals surface area contributed by atoms with Gasteiger partial charge in [0.2, 0.25) is 0 Å². The van der Waals surface area contributed by atoms with E-state index in [9.17, 15) is 9.59 Å². The van der Waals surface area contributed by atoms with Gasteiger partial charge in [0.1, 0.15) is 6.42 Å². The highest BCUT2D eigenvalue weighted by Gasteiger charge is 2.26. The minimum absolute atomic E-state index is 0.251. The second-order valence-corrected chi connectivity index (χ2v) is 3.15. The standard InChI is InChI=1S/C9H10N2O4/c10-4-7(6-1-2-6)5-11-15-9(14)3-8(12)13/h5-6,11H,1-3H2,(H,12,13). The number of nitrogens with one attached hydrogen (secondary N) is 1. The molecule has 6 heteroatoms. The summed E-state index contributed by atoms with van der Waals surface area (Å²) in [5, 5.41) is 16.9. The molecule has 1 rings (SSSR count). The van der Waals surface area contributed by atoms with Crippen LogP contribution in [0.5, 0.6) is 0 Å². The number of carboxylic acid groups (broad SMARTS) is 1. The van der Waals surface area contributed by atoms with Crippen LogP contribution in [0.3, 0.4) is 0 Å². The van der Waals surface area contributed by atoms with E-state index in [4.69, 9.17) is 10.4 Å². The summed E-state index contributed by atoms with van der Waals surface area (Å²) >= 11 is 0. The molecule has 6 nitrogen and oxygen atoms in total. The molecule has 0 heterocycles. The zero-order chi connectivity index (χ0) is 11.3. The van der Waals surface area contributed by atoms with Gasteiger partial charge in [-0.15, -0.1) is 0 Å². The molecule has 0 saturated heterocycles. The second-order valence-electron chi connectivity index (χ2n) is 3.15. The van der Waals surface area contributed by atoms with E-state index in [1.807, 2.05) is 6.07 Å². The summed E-state index contributed by atoms with van der Waals surface area (Å²) in [6.07, 6.45) is 2.51.